The minimum Gasteiger partial charge on any atom is -0.357 e. The molecular formula is C14H26N4. The number of pyridine rings is 1. The average molecular weight is 250 g/mol. The summed E-state index contributed by atoms with van der Waals surface area (Å²) in [5.74, 6) is 1.03. The lowest BCUT2D eigenvalue weighted by Crippen LogP contribution is -2.28. The van der Waals surface area contributed by atoms with Gasteiger partial charge in [0.1, 0.15) is 5.82 Å². The summed E-state index contributed by atoms with van der Waals surface area (Å²) in [6.07, 6.45) is 2.99. The van der Waals surface area contributed by atoms with E-state index < -0.39 is 0 Å². The van der Waals surface area contributed by atoms with Gasteiger partial charge < -0.3 is 15.5 Å². The van der Waals surface area contributed by atoms with E-state index in [0.29, 0.717) is 0 Å². The van der Waals surface area contributed by atoms with Crippen LogP contribution < -0.4 is 10.6 Å². The van der Waals surface area contributed by atoms with Gasteiger partial charge in [0.15, 0.2) is 0 Å². The molecule has 102 valence electrons. The third kappa shape index (κ3) is 4.63. The van der Waals surface area contributed by atoms with Crippen molar-refractivity contribution in [3.63, 3.8) is 0 Å². The highest BCUT2D eigenvalue weighted by Gasteiger charge is 2.08. The summed E-state index contributed by atoms with van der Waals surface area (Å²) in [5.41, 5.74) is 7.06. The first-order valence-corrected chi connectivity index (χ1v) is 6.65. The number of nitrogens with zero attached hydrogens (tertiary/aromatic N) is 3. The van der Waals surface area contributed by atoms with Crippen molar-refractivity contribution in [2.24, 2.45) is 5.73 Å². The molecule has 0 aromatic carbocycles. The van der Waals surface area contributed by atoms with Crippen molar-refractivity contribution < 1.29 is 0 Å². The van der Waals surface area contributed by atoms with E-state index in [2.05, 4.69) is 41.9 Å². The van der Waals surface area contributed by atoms with E-state index in [9.17, 15) is 0 Å². The monoisotopic (exact) mass is 250 g/mol. The lowest BCUT2D eigenvalue weighted by molar-refractivity contribution is 0.400. The van der Waals surface area contributed by atoms with E-state index in [-0.39, 0.29) is 6.04 Å². The molecule has 0 spiro atoms. The molecule has 0 aliphatic rings. The van der Waals surface area contributed by atoms with Crippen LogP contribution >= 0.6 is 0 Å². The van der Waals surface area contributed by atoms with Crippen molar-refractivity contribution in [3.8, 4) is 0 Å². The molecule has 0 aliphatic carbocycles. The van der Waals surface area contributed by atoms with Crippen molar-refractivity contribution in [1.29, 1.82) is 0 Å². The van der Waals surface area contributed by atoms with Crippen LogP contribution in [0.1, 0.15) is 31.9 Å². The van der Waals surface area contributed by atoms with Crippen LogP contribution in [-0.4, -0.2) is 43.6 Å². The minimum absolute atomic E-state index is 0.0623. The predicted molar refractivity (Wildman–Crippen MR) is 77.9 cm³/mol. The number of nitrogens with two attached hydrogens (primary N) is 1. The normalized spacial score (nSPS) is 12.8. The van der Waals surface area contributed by atoms with Crippen LogP contribution in [0.3, 0.4) is 0 Å². The maximum absolute atomic E-state index is 5.91. The van der Waals surface area contributed by atoms with Gasteiger partial charge in [0, 0.05) is 25.3 Å². The van der Waals surface area contributed by atoms with Crippen molar-refractivity contribution in [1.82, 2.24) is 9.88 Å². The first-order chi connectivity index (χ1) is 8.54. The zero-order valence-corrected chi connectivity index (χ0v) is 12.1. The summed E-state index contributed by atoms with van der Waals surface area (Å²) in [6.45, 7) is 7.27. The number of rotatable bonds is 7. The SMILES string of the molecule is CCN(CCCN(C)C)c1cc(C(C)N)ccn1. The van der Waals surface area contributed by atoms with E-state index in [1.807, 2.05) is 19.2 Å². The van der Waals surface area contributed by atoms with Gasteiger partial charge in [0.25, 0.3) is 0 Å². The Morgan fingerprint density at radius 2 is 2.06 bits per heavy atom. The summed E-state index contributed by atoms with van der Waals surface area (Å²) in [5, 5.41) is 0. The Balaban J connectivity index is 2.66. The molecule has 0 radical (unpaired) electrons. The maximum Gasteiger partial charge on any atom is 0.128 e. The first kappa shape index (κ1) is 14.9. The Morgan fingerprint density at radius 1 is 1.33 bits per heavy atom. The maximum atomic E-state index is 5.91. The zero-order valence-electron chi connectivity index (χ0n) is 12.1. The fraction of sp³-hybridized carbons (Fsp3) is 0.643. The van der Waals surface area contributed by atoms with Gasteiger partial charge in [-0.05, 0) is 58.6 Å². The predicted octanol–water partition coefficient (Wildman–Crippen LogP) is 1.88. The fourth-order valence-corrected chi connectivity index (χ4v) is 1.90. The minimum atomic E-state index is 0.0623. The van der Waals surface area contributed by atoms with Crippen LogP contribution in [-0.2, 0) is 0 Å². The molecule has 4 heteroatoms. The molecule has 1 aromatic heterocycles. The third-order valence-corrected chi connectivity index (χ3v) is 3.03. The molecule has 2 N–H and O–H groups in total. The molecule has 18 heavy (non-hydrogen) atoms. The van der Waals surface area contributed by atoms with Crippen LogP contribution in [0.25, 0.3) is 0 Å². The van der Waals surface area contributed by atoms with Crippen molar-refractivity contribution in [2.45, 2.75) is 26.3 Å². The highest BCUT2D eigenvalue weighted by atomic mass is 15.2. The molecule has 0 saturated carbocycles. The molecule has 1 unspecified atom stereocenters. The van der Waals surface area contributed by atoms with Gasteiger partial charge in [-0.15, -0.1) is 0 Å². The van der Waals surface area contributed by atoms with Gasteiger partial charge in [0.05, 0.1) is 0 Å². The van der Waals surface area contributed by atoms with Gasteiger partial charge in [-0.3, -0.25) is 0 Å². The van der Waals surface area contributed by atoms with E-state index in [1.54, 1.807) is 0 Å². The summed E-state index contributed by atoms with van der Waals surface area (Å²) in [7, 11) is 4.20. The Kier molecular flexibility index (Phi) is 6.09. The molecule has 4 nitrogen and oxygen atoms in total. The fourth-order valence-electron chi connectivity index (χ4n) is 1.90. The highest BCUT2D eigenvalue weighted by molar-refractivity contribution is 5.41. The summed E-state index contributed by atoms with van der Waals surface area (Å²) < 4.78 is 0. The third-order valence-electron chi connectivity index (χ3n) is 3.03. The van der Waals surface area contributed by atoms with E-state index in [0.717, 1.165) is 37.4 Å². The van der Waals surface area contributed by atoms with E-state index >= 15 is 0 Å². The first-order valence-electron chi connectivity index (χ1n) is 6.65. The lowest BCUT2D eigenvalue weighted by atomic mass is 10.1. The molecular weight excluding hydrogens is 224 g/mol. The molecule has 1 atom stereocenters. The Bertz CT molecular complexity index is 349. The number of hydrogen-bond donors (Lipinski definition) is 1. The molecule has 1 rings (SSSR count). The Morgan fingerprint density at radius 3 is 2.61 bits per heavy atom. The molecule has 0 saturated heterocycles. The number of anilines is 1. The van der Waals surface area contributed by atoms with Gasteiger partial charge in [0.2, 0.25) is 0 Å². The van der Waals surface area contributed by atoms with E-state index in [1.165, 1.54) is 0 Å². The molecule has 1 heterocycles. The summed E-state index contributed by atoms with van der Waals surface area (Å²) in [6, 6.07) is 4.15. The van der Waals surface area contributed by atoms with Crippen molar-refractivity contribution >= 4 is 5.82 Å². The zero-order chi connectivity index (χ0) is 13.5. The number of aromatic nitrogens is 1. The summed E-state index contributed by atoms with van der Waals surface area (Å²) in [4.78, 5) is 8.96. The second-order valence-corrected chi connectivity index (χ2v) is 4.97. The van der Waals surface area contributed by atoms with E-state index in [4.69, 9.17) is 5.73 Å². The van der Waals surface area contributed by atoms with Gasteiger partial charge in [-0.2, -0.15) is 0 Å². The summed E-state index contributed by atoms with van der Waals surface area (Å²) >= 11 is 0. The molecule has 1 aromatic rings. The molecule has 0 amide bonds. The smallest absolute Gasteiger partial charge is 0.128 e. The van der Waals surface area contributed by atoms with Crippen molar-refractivity contribution in [2.75, 3.05) is 38.6 Å². The van der Waals surface area contributed by atoms with Crippen LogP contribution in [0.4, 0.5) is 5.82 Å². The van der Waals surface area contributed by atoms with Crippen LogP contribution in [0.5, 0.6) is 0 Å². The largest absolute Gasteiger partial charge is 0.357 e. The van der Waals surface area contributed by atoms with Crippen LogP contribution in [0, 0.1) is 0 Å². The van der Waals surface area contributed by atoms with Gasteiger partial charge in [-0.25, -0.2) is 4.98 Å². The highest BCUT2D eigenvalue weighted by Crippen LogP contribution is 2.16. The second-order valence-electron chi connectivity index (χ2n) is 4.97. The average Bonchev–Trinajstić information content (AvgIpc) is 2.34. The Hall–Kier alpha value is -1.13. The van der Waals surface area contributed by atoms with Gasteiger partial charge in [-0.1, -0.05) is 0 Å². The molecule has 0 aliphatic heterocycles. The quantitative estimate of drug-likeness (QED) is 0.802. The van der Waals surface area contributed by atoms with Crippen LogP contribution in [0.2, 0.25) is 0 Å². The molecule has 0 bridgehead atoms. The lowest BCUT2D eigenvalue weighted by Gasteiger charge is -2.23. The topological polar surface area (TPSA) is 45.4 Å². The van der Waals surface area contributed by atoms with Crippen LogP contribution in [0.15, 0.2) is 18.3 Å². The standard InChI is InChI=1S/C14H26N4/c1-5-18(10-6-9-17(3)4)14-11-13(12(2)15)7-8-16-14/h7-8,11-12H,5-6,9-10,15H2,1-4H3. The molecule has 0 fully saturated rings. The van der Waals surface area contributed by atoms with Crippen molar-refractivity contribution in [3.05, 3.63) is 23.9 Å². The second kappa shape index (κ2) is 7.34. The van der Waals surface area contributed by atoms with Gasteiger partial charge >= 0.3 is 0 Å². The Labute approximate surface area is 111 Å². The number of hydrogen-bond acceptors (Lipinski definition) is 4.